The normalized spacial score (nSPS) is 11.0. The molecule has 2 N–H and O–H groups in total. The summed E-state index contributed by atoms with van der Waals surface area (Å²) >= 11 is 0. The largest absolute Gasteiger partial charge is 0.482 e. The Balaban J connectivity index is 2.71. The van der Waals surface area contributed by atoms with Crippen LogP contribution in [0.1, 0.15) is 12.5 Å². The summed E-state index contributed by atoms with van der Waals surface area (Å²) in [5.74, 6) is -1.59. The molecule has 1 rings (SSSR count). The van der Waals surface area contributed by atoms with Crippen LogP contribution in [0.5, 0.6) is 5.75 Å². The minimum absolute atomic E-state index is 0.226. The summed E-state index contributed by atoms with van der Waals surface area (Å²) in [6.45, 7) is 1.10. The SMILES string of the molecule is C/C(=C\c1ccc(OCC(=O)O)cc1)C(=O)O. The van der Waals surface area contributed by atoms with Crippen molar-refractivity contribution in [3.05, 3.63) is 35.4 Å². The van der Waals surface area contributed by atoms with Gasteiger partial charge in [0.1, 0.15) is 5.75 Å². The van der Waals surface area contributed by atoms with Crippen LogP contribution in [0.3, 0.4) is 0 Å². The summed E-state index contributed by atoms with van der Waals surface area (Å²) in [7, 11) is 0. The number of aliphatic carboxylic acids is 2. The number of hydrogen-bond acceptors (Lipinski definition) is 3. The van der Waals surface area contributed by atoms with Gasteiger partial charge < -0.3 is 14.9 Å². The van der Waals surface area contributed by atoms with E-state index in [2.05, 4.69) is 0 Å². The third-order valence-corrected chi connectivity index (χ3v) is 1.96. The van der Waals surface area contributed by atoms with E-state index in [1.54, 1.807) is 24.3 Å². The van der Waals surface area contributed by atoms with Crippen LogP contribution >= 0.6 is 0 Å². The summed E-state index contributed by atoms with van der Waals surface area (Å²) in [6, 6.07) is 6.49. The van der Waals surface area contributed by atoms with Gasteiger partial charge in [0.15, 0.2) is 6.61 Å². The van der Waals surface area contributed by atoms with Crippen molar-refractivity contribution in [2.24, 2.45) is 0 Å². The first-order chi connectivity index (χ1) is 7.99. The Morgan fingerprint density at radius 3 is 2.29 bits per heavy atom. The molecule has 0 spiro atoms. The van der Waals surface area contributed by atoms with E-state index in [1.165, 1.54) is 13.0 Å². The zero-order chi connectivity index (χ0) is 12.8. The number of carboxylic acid groups (broad SMARTS) is 2. The number of benzene rings is 1. The zero-order valence-corrected chi connectivity index (χ0v) is 9.21. The fourth-order valence-corrected chi connectivity index (χ4v) is 1.12. The summed E-state index contributed by atoms with van der Waals surface area (Å²) in [4.78, 5) is 20.9. The molecule has 0 heterocycles. The lowest BCUT2D eigenvalue weighted by Gasteiger charge is -2.03. The van der Waals surface area contributed by atoms with E-state index in [4.69, 9.17) is 14.9 Å². The number of carbonyl (C=O) groups is 2. The number of hydrogen-bond donors (Lipinski definition) is 2. The van der Waals surface area contributed by atoms with E-state index >= 15 is 0 Å². The van der Waals surface area contributed by atoms with Crippen molar-refractivity contribution in [2.45, 2.75) is 6.92 Å². The van der Waals surface area contributed by atoms with Crippen molar-refractivity contribution in [3.8, 4) is 5.75 Å². The highest BCUT2D eigenvalue weighted by Gasteiger charge is 2.01. The second-order valence-corrected chi connectivity index (χ2v) is 3.38. The fourth-order valence-electron chi connectivity index (χ4n) is 1.12. The number of rotatable bonds is 5. The van der Waals surface area contributed by atoms with Crippen LogP contribution in [-0.4, -0.2) is 28.8 Å². The Kier molecular flexibility index (Phi) is 4.28. The smallest absolute Gasteiger partial charge is 0.341 e. The molecule has 0 aliphatic rings. The van der Waals surface area contributed by atoms with Crippen molar-refractivity contribution in [2.75, 3.05) is 6.61 Å². The van der Waals surface area contributed by atoms with Gasteiger partial charge >= 0.3 is 11.9 Å². The molecule has 1 aromatic carbocycles. The first-order valence-electron chi connectivity index (χ1n) is 4.85. The molecule has 0 atom stereocenters. The third-order valence-electron chi connectivity index (χ3n) is 1.96. The second kappa shape index (κ2) is 5.69. The first kappa shape index (κ1) is 12.8. The van der Waals surface area contributed by atoms with E-state index < -0.39 is 18.5 Å². The maximum Gasteiger partial charge on any atom is 0.341 e. The molecule has 0 radical (unpaired) electrons. The minimum Gasteiger partial charge on any atom is -0.482 e. The molecule has 0 amide bonds. The standard InChI is InChI=1S/C12H12O5/c1-8(12(15)16)6-9-2-4-10(5-3-9)17-7-11(13)14/h2-6H,7H2,1H3,(H,13,14)(H,15,16)/b8-6+. The van der Waals surface area contributed by atoms with Gasteiger partial charge in [-0.05, 0) is 30.7 Å². The van der Waals surface area contributed by atoms with Crippen LogP contribution in [0.25, 0.3) is 6.08 Å². The molecule has 0 aliphatic carbocycles. The molecule has 90 valence electrons. The molecule has 0 unspecified atom stereocenters. The highest BCUT2D eigenvalue weighted by Crippen LogP contribution is 2.14. The van der Waals surface area contributed by atoms with E-state index in [-0.39, 0.29) is 5.57 Å². The van der Waals surface area contributed by atoms with Gasteiger partial charge in [0, 0.05) is 5.57 Å². The van der Waals surface area contributed by atoms with E-state index in [1.807, 2.05) is 0 Å². The molecule has 0 aliphatic heterocycles. The van der Waals surface area contributed by atoms with Crippen molar-refractivity contribution in [3.63, 3.8) is 0 Å². The molecule has 0 saturated heterocycles. The summed E-state index contributed by atoms with van der Waals surface area (Å²) in [5, 5.41) is 17.1. The van der Waals surface area contributed by atoms with Crippen molar-refractivity contribution >= 4 is 18.0 Å². The molecule has 17 heavy (non-hydrogen) atoms. The lowest BCUT2D eigenvalue weighted by Crippen LogP contribution is -2.09. The van der Waals surface area contributed by atoms with E-state index in [9.17, 15) is 9.59 Å². The van der Waals surface area contributed by atoms with Crippen LogP contribution in [0.4, 0.5) is 0 Å². The van der Waals surface area contributed by atoms with E-state index in [0.717, 1.165) is 0 Å². The minimum atomic E-state index is -1.05. The average molecular weight is 236 g/mol. The van der Waals surface area contributed by atoms with Gasteiger partial charge in [-0.3, -0.25) is 0 Å². The molecule has 0 fully saturated rings. The van der Waals surface area contributed by atoms with Crippen molar-refractivity contribution < 1.29 is 24.5 Å². The highest BCUT2D eigenvalue weighted by atomic mass is 16.5. The average Bonchev–Trinajstić information content (AvgIpc) is 2.28. The van der Waals surface area contributed by atoms with Gasteiger partial charge in [-0.2, -0.15) is 0 Å². The highest BCUT2D eigenvalue weighted by molar-refractivity contribution is 5.91. The van der Waals surface area contributed by atoms with Crippen molar-refractivity contribution in [1.82, 2.24) is 0 Å². The number of ether oxygens (including phenoxy) is 1. The molecule has 0 saturated carbocycles. The lowest BCUT2D eigenvalue weighted by molar-refractivity contribution is -0.139. The molecule has 0 bridgehead atoms. The Morgan fingerprint density at radius 1 is 1.24 bits per heavy atom. The van der Waals surface area contributed by atoms with Gasteiger partial charge in [0.2, 0.25) is 0 Å². The summed E-state index contributed by atoms with van der Waals surface area (Å²) < 4.78 is 4.94. The Hall–Kier alpha value is -2.30. The topological polar surface area (TPSA) is 83.8 Å². The van der Waals surface area contributed by atoms with Crippen LogP contribution < -0.4 is 4.74 Å². The van der Waals surface area contributed by atoms with Crippen LogP contribution in [-0.2, 0) is 9.59 Å². The van der Waals surface area contributed by atoms with Gasteiger partial charge in [0.05, 0.1) is 0 Å². The summed E-state index contributed by atoms with van der Waals surface area (Å²) in [5.41, 5.74) is 0.941. The predicted molar refractivity (Wildman–Crippen MR) is 60.9 cm³/mol. The Bertz CT molecular complexity index is 444. The molecule has 1 aromatic rings. The quantitative estimate of drug-likeness (QED) is 0.759. The van der Waals surface area contributed by atoms with Crippen LogP contribution in [0.15, 0.2) is 29.8 Å². The molecule has 5 nitrogen and oxygen atoms in total. The zero-order valence-electron chi connectivity index (χ0n) is 9.21. The maximum atomic E-state index is 10.6. The molecule has 5 heteroatoms. The van der Waals surface area contributed by atoms with Crippen LogP contribution in [0.2, 0.25) is 0 Å². The maximum absolute atomic E-state index is 10.6. The molecular formula is C12H12O5. The van der Waals surface area contributed by atoms with Gasteiger partial charge in [0.25, 0.3) is 0 Å². The fraction of sp³-hybridized carbons (Fsp3) is 0.167. The first-order valence-corrected chi connectivity index (χ1v) is 4.85. The van der Waals surface area contributed by atoms with Gasteiger partial charge in [-0.1, -0.05) is 12.1 Å². The predicted octanol–water partition coefficient (Wildman–Crippen LogP) is 1.64. The number of carboxylic acids is 2. The summed E-state index contributed by atoms with van der Waals surface area (Å²) in [6.07, 6.45) is 1.52. The van der Waals surface area contributed by atoms with Crippen LogP contribution in [0, 0.1) is 0 Å². The molecular weight excluding hydrogens is 224 g/mol. The Morgan fingerprint density at radius 2 is 1.82 bits per heavy atom. The third kappa shape index (κ3) is 4.38. The van der Waals surface area contributed by atoms with Crippen molar-refractivity contribution in [1.29, 1.82) is 0 Å². The second-order valence-electron chi connectivity index (χ2n) is 3.38. The van der Waals surface area contributed by atoms with Gasteiger partial charge in [-0.25, -0.2) is 9.59 Å². The van der Waals surface area contributed by atoms with E-state index in [0.29, 0.717) is 11.3 Å². The molecule has 0 aromatic heterocycles. The monoisotopic (exact) mass is 236 g/mol. The lowest BCUT2D eigenvalue weighted by atomic mass is 10.1. The Labute approximate surface area is 98.0 Å². The van der Waals surface area contributed by atoms with Gasteiger partial charge in [-0.15, -0.1) is 0 Å².